The number of carbonyl (C=O) groups excluding carboxylic acids is 2. The molecular weight excluding hydrogens is 142 g/mol. The van der Waals surface area contributed by atoms with Crippen LogP contribution in [0.4, 0.5) is 0 Å². The molecule has 0 aromatic heterocycles. The molecule has 0 saturated heterocycles. The molecule has 1 atom stereocenters. The van der Waals surface area contributed by atoms with E-state index in [0.717, 1.165) is 19.3 Å². The molecule has 1 N–H and O–H groups in total. The van der Waals surface area contributed by atoms with Crippen LogP contribution in [0.1, 0.15) is 25.7 Å². The maximum Gasteiger partial charge on any atom is 0.207 e. The lowest BCUT2D eigenvalue weighted by molar-refractivity contribution is -0.121. The first-order valence-electron chi connectivity index (χ1n) is 4.01. The first-order valence-corrected chi connectivity index (χ1v) is 4.01. The Morgan fingerprint density at radius 2 is 2.45 bits per heavy atom. The molecule has 1 amide bonds. The van der Waals surface area contributed by atoms with Gasteiger partial charge in [-0.2, -0.15) is 0 Å². The summed E-state index contributed by atoms with van der Waals surface area (Å²) >= 11 is 0. The Kier molecular flexibility index (Phi) is 3.08. The molecule has 0 heterocycles. The van der Waals surface area contributed by atoms with Crippen LogP contribution in [0.5, 0.6) is 0 Å². The highest BCUT2D eigenvalue weighted by atomic mass is 16.1. The molecule has 0 bridgehead atoms. The number of Topliss-reactive ketones (excluding diaryl/α,β-unsaturated/α-hetero) is 1. The van der Waals surface area contributed by atoms with Crippen molar-refractivity contribution in [3.63, 3.8) is 0 Å². The van der Waals surface area contributed by atoms with Gasteiger partial charge in [-0.3, -0.25) is 9.59 Å². The van der Waals surface area contributed by atoms with Crippen LogP contribution in [-0.2, 0) is 9.59 Å². The van der Waals surface area contributed by atoms with Crippen LogP contribution in [-0.4, -0.2) is 18.7 Å². The molecule has 3 heteroatoms. The van der Waals surface area contributed by atoms with Gasteiger partial charge in [-0.15, -0.1) is 0 Å². The molecule has 0 spiro atoms. The third kappa shape index (κ3) is 2.70. The van der Waals surface area contributed by atoms with Gasteiger partial charge in [0, 0.05) is 19.4 Å². The van der Waals surface area contributed by atoms with Crippen LogP contribution in [0, 0.1) is 5.92 Å². The molecule has 1 saturated carbocycles. The summed E-state index contributed by atoms with van der Waals surface area (Å²) in [6, 6.07) is 0. The van der Waals surface area contributed by atoms with Crippen LogP contribution < -0.4 is 5.32 Å². The normalized spacial score (nSPS) is 24.7. The highest BCUT2D eigenvalue weighted by molar-refractivity contribution is 5.79. The summed E-state index contributed by atoms with van der Waals surface area (Å²) in [5.74, 6) is 0.732. The van der Waals surface area contributed by atoms with Crippen molar-refractivity contribution in [2.24, 2.45) is 5.92 Å². The van der Waals surface area contributed by atoms with Crippen molar-refractivity contribution >= 4 is 12.2 Å². The van der Waals surface area contributed by atoms with Gasteiger partial charge in [0.2, 0.25) is 6.41 Å². The Labute approximate surface area is 66.2 Å². The Morgan fingerprint density at radius 1 is 1.64 bits per heavy atom. The topological polar surface area (TPSA) is 46.2 Å². The van der Waals surface area contributed by atoms with Gasteiger partial charge in [0.05, 0.1) is 0 Å². The van der Waals surface area contributed by atoms with E-state index in [1.54, 1.807) is 0 Å². The van der Waals surface area contributed by atoms with E-state index in [1.807, 2.05) is 0 Å². The molecule has 0 radical (unpaired) electrons. The van der Waals surface area contributed by atoms with Crippen molar-refractivity contribution in [1.82, 2.24) is 5.32 Å². The van der Waals surface area contributed by atoms with Crippen LogP contribution in [0.15, 0.2) is 0 Å². The summed E-state index contributed by atoms with van der Waals surface area (Å²) in [7, 11) is 0. The van der Waals surface area contributed by atoms with E-state index in [-0.39, 0.29) is 0 Å². The molecule has 1 rings (SSSR count). The average molecular weight is 155 g/mol. The number of hydrogen-bond acceptors (Lipinski definition) is 2. The van der Waals surface area contributed by atoms with E-state index in [9.17, 15) is 9.59 Å². The van der Waals surface area contributed by atoms with Gasteiger partial charge in [0.1, 0.15) is 5.78 Å². The minimum absolute atomic E-state index is 0.342. The molecule has 0 aromatic rings. The van der Waals surface area contributed by atoms with Crippen LogP contribution in [0.25, 0.3) is 0 Å². The minimum Gasteiger partial charge on any atom is -0.358 e. The zero-order valence-electron chi connectivity index (χ0n) is 6.51. The lowest BCUT2D eigenvalue weighted by Gasteiger charge is -2.19. The lowest BCUT2D eigenvalue weighted by Crippen LogP contribution is -2.26. The standard InChI is InChI=1S/C8H13NO2/c10-6-9-5-7-2-1-3-8(11)4-7/h6-7H,1-5H2,(H,9,10). The number of hydrogen-bond donors (Lipinski definition) is 1. The van der Waals surface area contributed by atoms with Gasteiger partial charge in [0.15, 0.2) is 0 Å². The summed E-state index contributed by atoms with van der Waals surface area (Å²) in [4.78, 5) is 20.9. The fourth-order valence-electron chi connectivity index (χ4n) is 1.50. The molecule has 62 valence electrons. The van der Waals surface area contributed by atoms with Crippen LogP contribution in [0.3, 0.4) is 0 Å². The predicted octanol–water partition coefficient (Wildman–Crippen LogP) is 0.492. The van der Waals surface area contributed by atoms with E-state index < -0.39 is 0 Å². The number of rotatable bonds is 3. The maximum absolute atomic E-state index is 10.9. The summed E-state index contributed by atoms with van der Waals surface area (Å²) < 4.78 is 0. The first kappa shape index (κ1) is 8.24. The van der Waals surface area contributed by atoms with Gasteiger partial charge in [-0.05, 0) is 18.8 Å². The third-order valence-electron chi connectivity index (χ3n) is 2.07. The second-order valence-electron chi connectivity index (χ2n) is 3.03. The van der Waals surface area contributed by atoms with Gasteiger partial charge < -0.3 is 5.32 Å². The third-order valence-corrected chi connectivity index (χ3v) is 2.07. The Morgan fingerprint density at radius 3 is 3.09 bits per heavy atom. The molecule has 11 heavy (non-hydrogen) atoms. The zero-order chi connectivity index (χ0) is 8.10. The second kappa shape index (κ2) is 4.11. The van der Waals surface area contributed by atoms with Gasteiger partial charge in [-0.25, -0.2) is 0 Å². The monoisotopic (exact) mass is 155 g/mol. The maximum atomic E-state index is 10.9. The predicted molar refractivity (Wildman–Crippen MR) is 41.0 cm³/mol. The smallest absolute Gasteiger partial charge is 0.207 e. The lowest BCUT2D eigenvalue weighted by atomic mass is 9.88. The zero-order valence-corrected chi connectivity index (χ0v) is 6.51. The Bertz CT molecular complexity index is 156. The Hall–Kier alpha value is -0.860. The van der Waals surface area contributed by atoms with E-state index in [0.29, 0.717) is 31.1 Å². The average Bonchev–Trinajstić information content (AvgIpc) is 2.01. The molecule has 0 aliphatic heterocycles. The molecule has 1 fully saturated rings. The number of amides is 1. The molecule has 1 unspecified atom stereocenters. The van der Waals surface area contributed by atoms with Gasteiger partial charge in [-0.1, -0.05) is 0 Å². The molecule has 3 nitrogen and oxygen atoms in total. The quantitative estimate of drug-likeness (QED) is 0.603. The van der Waals surface area contributed by atoms with E-state index in [1.165, 1.54) is 0 Å². The highest BCUT2D eigenvalue weighted by Crippen LogP contribution is 2.19. The van der Waals surface area contributed by atoms with Crippen molar-refractivity contribution < 1.29 is 9.59 Å². The van der Waals surface area contributed by atoms with Gasteiger partial charge in [0.25, 0.3) is 0 Å². The van der Waals surface area contributed by atoms with Crippen LogP contribution in [0.2, 0.25) is 0 Å². The molecule has 0 aromatic carbocycles. The van der Waals surface area contributed by atoms with Crippen molar-refractivity contribution in [1.29, 1.82) is 0 Å². The summed E-state index contributed by atoms with van der Waals surface area (Å²) in [5, 5.41) is 2.61. The number of carbonyl (C=O) groups is 2. The van der Waals surface area contributed by atoms with Crippen molar-refractivity contribution in [3.05, 3.63) is 0 Å². The SMILES string of the molecule is O=CNCC1CCCC(=O)C1. The van der Waals surface area contributed by atoms with Crippen LogP contribution >= 0.6 is 0 Å². The fraction of sp³-hybridized carbons (Fsp3) is 0.750. The summed E-state index contributed by atoms with van der Waals surface area (Å²) in [5.41, 5.74) is 0. The summed E-state index contributed by atoms with van der Waals surface area (Å²) in [6.45, 7) is 0.662. The molecule has 1 aliphatic rings. The molecule has 1 aliphatic carbocycles. The highest BCUT2D eigenvalue weighted by Gasteiger charge is 2.18. The van der Waals surface area contributed by atoms with Crippen molar-refractivity contribution in [2.45, 2.75) is 25.7 Å². The van der Waals surface area contributed by atoms with Gasteiger partial charge >= 0.3 is 0 Å². The van der Waals surface area contributed by atoms with Crippen molar-refractivity contribution in [3.8, 4) is 0 Å². The number of ketones is 1. The molecular formula is C8H13NO2. The Balaban J connectivity index is 2.22. The van der Waals surface area contributed by atoms with E-state index in [4.69, 9.17) is 0 Å². The van der Waals surface area contributed by atoms with E-state index >= 15 is 0 Å². The minimum atomic E-state index is 0.342. The van der Waals surface area contributed by atoms with E-state index in [2.05, 4.69) is 5.32 Å². The fourth-order valence-corrected chi connectivity index (χ4v) is 1.50. The largest absolute Gasteiger partial charge is 0.358 e. The first-order chi connectivity index (χ1) is 5.33. The number of nitrogens with one attached hydrogen (secondary N) is 1. The second-order valence-corrected chi connectivity index (χ2v) is 3.03. The van der Waals surface area contributed by atoms with Crippen molar-refractivity contribution in [2.75, 3.05) is 6.54 Å². The summed E-state index contributed by atoms with van der Waals surface area (Å²) in [6.07, 6.45) is 4.15.